The average Bonchev–Trinajstić information content (AvgIpc) is 3.45. The Balaban J connectivity index is 1.32. The zero-order valence-electron chi connectivity index (χ0n) is 15.8. The molecule has 0 atom stereocenters. The number of aldehydes is 1. The van der Waals surface area contributed by atoms with Gasteiger partial charge in [-0.2, -0.15) is 0 Å². The number of aromatic nitrogens is 1. The minimum Gasteiger partial charge on any atom is -0.454 e. The highest BCUT2D eigenvalue weighted by Gasteiger charge is 2.50. The summed E-state index contributed by atoms with van der Waals surface area (Å²) < 4.78 is 10.8. The van der Waals surface area contributed by atoms with E-state index in [0.717, 1.165) is 47.3 Å². The molecule has 0 spiro atoms. The Morgan fingerprint density at radius 3 is 2.41 bits per heavy atom. The van der Waals surface area contributed by atoms with E-state index in [-0.39, 0.29) is 12.6 Å². The van der Waals surface area contributed by atoms with Gasteiger partial charge in [-0.25, -0.2) is 0 Å². The summed E-state index contributed by atoms with van der Waals surface area (Å²) >= 11 is 0. The van der Waals surface area contributed by atoms with Gasteiger partial charge in [0.25, 0.3) is 0 Å². The van der Waals surface area contributed by atoms with Gasteiger partial charge in [0, 0.05) is 29.4 Å². The number of carbonyl (C=O) groups excluding carboxylic acids is 2. The molecule has 3 aromatic rings. The third-order valence-electron chi connectivity index (χ3n) is 5.76. The number of benzene rings is 2. The first-order chi connectivity index (χ1) is 14.2. The Morgan fingerprint density at radius 1 is 0.966 bits per heavy atom. The molecule has 0 unspecified atom stereocenters. The molecule has 0 radical (unpaired) electrons. The molecular weight excluding hydrogens is 366 g/mol. The number of fused-ring (bicyclic) bond motifs is 1. The molecule has 1 fully saturated rings. The molecule has 0 N–H and O–H groups in total. The van der Waals surface area contributed by atoms with Crippen LogP contribution in [0.5, 0.6) is 11.5 Å². The Hall–Kier alpha value is -3.47. The SMILES string of the molecule is O=Cc1ccc(-c2ccc(CC(=O)C3(c4ccc5c(c4)OCO5)CC3)nc2)cc1. The maximum atomic E-state index is 13.1. The van der Waals surface area contributed by atoms with Crippen molar-refractivity contribution in [1.29, 1.82) is 0 Å². The number of ether oxygens (including phenoxy) is 2. The first-order valence-electron chi connectivity index (χ1n) is 9.62. The molecular formula is C24H19NO4. The minimum atomic E-state index is -0.425. The molecule has 1 aliphatic carbocycles. The first kappa shape index (κ1) is 17.6. The van der Waals surface area contributed by atoms with Gasteiger partial charge in [-0.1, -0.05) is 36.4 Å². The zero-order valence-corrected chi connectivity index (χ0v) is 15.8. The van der Waals surface area contributed by atoms with Crippen molar-refractivity contribution >= 4 is 12.1 Å². The van der Waals surface area contributed by atoms with Crippen LogP contribution in [0.25, 0.3) is 11.1 Å². The van der Waals surface area contributed by atoms with Crippen LogP contribution >= 0.6 is 0 Å². The average molecular weight is 385 g/mol. The summed E-state index contributed by atoms with van der Waals surface area (Å²) in [5, 5.41) is 0. The summed E-state index contributed by atoms with van der Waals surface area (Å²) in [6, 6.07) is 17.0. The second kappa shape index (κ2) is 6.85. The summed E-state index contributed by atoms with van der Waals surface area (Å²) in [7, 11) is 0. The van der Waals surface area contributed by atoms with Crippen LogP contribution in [-0.4, -0.2) is 23.8 Å². The van der Waals surface area contributed by atoms with Crippen LogP contribution in [0.3, 0.4) is 0 Å². The fourth-order valence-electron chi connectivity index (χ4n) is 3.84. The van der Waals surface area contributed by atoms with Gasteiger partial charge in [0.05, 0.1) is 5.41 Å². The van der Waals surface area contributed by atoms with Crippen molar-refractivity contribution in [2.75, 3.05) is 6.79 Å². The molecule has 1 aromatic heterocycles. The number of carbonyl (C=O) groups is 2. The maximum Gasteiger partial charge on any atom is 0.231 e. The standard InChI is InChI=1S/C24H19NO4/c26-14-16-1-3-17(4-2-16)18-5-7-20(25-13-18)12-23(27)24(9-10-24)19-6-8-21-22(11-19)29-15-28-21/h1-8,11,13-14H,9-10,12,15H2. The van der Waals surface area contributed by atoms with E-state index in [0.29, 0.717) is 17.7 Å². The Bertz CT molecular complexity index is 1080. The molecule has 29 heavy (non-hydrogen) atoms. The van der Waals surface area contributed by atoms with E-state index >= 15 is 0 Å². The fourth-order valence-corrected chi connectivity index (χ4v) is 3.84. The molecule has 0 bridgehead atoms. The number of ketones is 1. The molecule has 5 nitrogen and oxygen atoms in total. The lowest BCUT2D eigenvalue weighted by molar-refractivity contribution is -0.120. The van der Waals surface area contributed by atoms with Crippen molar-refractivity contribution in [3.63, 3.8) is 0 Å². The molecule has 0 saturated heterocycles. The van der Waals surface area contributed by atoms with Gasteiger partial charge in [-0.15, -0.1) is 0 Å². The lowest BCUT2D eigenvalue weighted by atomic mass is 9.88. The van der Waals surface area contributed by atoms with Crippen molar-refractivity contribution in [2.45, 2.75) is 24.7 Å². The molecule has 2 aliphatic rings. The smallest absolute Gasteiger partial charge is 0.231 e. The topological polar surface area (TPSA) is 65.5 Å². The van der Waals surface area contributed by atoms with Crippen molar-refractivity contribution in [3.8, 4) is 22.6 Å². The van der Waals surface area contributed by atoms with E-state index in [4.69, 9.17) is 9.47 Å². The number of pyridine rings is 1. The lowest BCUT2D eigenvalue weighted by Crippen LogP contribution is -2.22. The second-order valence-electron chi connectivity index (χ2n) is 7.53. The van der Waals surface area contributed by atoms with Gasteiger partial charge in [-0.05, 0) is 42.2 Å². The van der Waals surface area contributed by atoms with Crippen LogP contribution in [0.1, 0.15) is 34.5 Å². The number of rotatable bonds is 6. The molecule has 5 heteroatoms. The third kappa shape index (κ3) is 3.18. The number of nitrogens with zero attached hydrogens (tertiary/aromatic N) is 1. The van der Waals surface area contributed by atoms with Crippen LogP contribution < -0.4 is 9.47 Å². The number of hydrogen-bond acceptors (Lipinski definition) is 5. The van der Waals surface area contributed by atoms with Gasteiger partial charge in [-0.3, -0.25) is 14.6 Å². The van der Waals surface area contributed by atoms with Gasteiger partial charge < -0.3 is 9.47 Å². The molecule has 2 aromatic carbocycles. The predicted molar refractivity (Wildman–Crippen MR) is 107 cm³/mol. The Labute approximate surface area is 168 Å². The Morgan fingerprint density at radius 2 is 1.72 bits per heavy atom. The van der Waals surface area contributed by atoms with Gasteiger partial charge in [0.2, 0.25) is 6.79 Å². The number of Topliss-reactive ketones (excluding diaryl/α,β-unsaturated/α-hetero) is 1. The summed E-state index contributed by atoms with van der Waals surface area (Å²) in [5.74, 6) is 1.63. The van der Waals surface area contributed by atoms with Crippen LogP contribution in [0.2, 0.25) is 0 Å². The maximum absolute atomic E-state index is 13.1. The number of hydrogen-bond donors (Lipinski definition) is 0. The third-order valence-corrected chi connectivity index (χ3v) is 5.76. The van der Waals surface area contributed by atoms with Crippen LogP contribution in [-0.2, 0) is 16.6 Å². The monoisotopic (exact) mass is 385 g/mol. The summed E-state index contributed by atoms with van der Waals surface area (Å²) in [6.07, 6.45) is 4.61. The predicted octanol–water partition coefficient (Wildman–Crippen LogP) is 4.13. The lowest BCUT2D eigenvalue weighted by Gasteiger charge is -2.15. The van der Waals surface area contributed by atoms with E-state index in [1.807, 2.05) is 42.5 Å². The normalized spacial score (nSPS) is 15.7. The largest absolute Gasteiger partial charge is 0.454 e. The van der Waals surface area contributed by atoms with Crippen molar-refractivity contribution in [1.82, 2.24) is 4.98 Å². The van der Waals surface area contributed by atoms with E-state index in [1.54, 1.807) is 18.3 Å². The molecule has 144 valence electrons. The highest BCUT2D eigenvalue weighted by Crippen LogP contribution is 2.51. The van der Waals surface area contributed by atoms with E-state index in [9.17, 15) is 9.59 Å². The first-order valence-corrected chi connectivity index (χ1v) is 9.62. The minimum absolute atomic E-state index is 0.187. The quantitative estimate of drug-likeness (QED) is 0.597. The van der Waals surface area contributed by atoms with Crippen LogP contribution in [0, 0.1) is 0 Å². The van der Waals surface area contributed by atoms with E-state index in [2.05, 4.69) is 4.98 Å². The molecule has 2 heterocycles. The van der Waals surface area contributed by atoms with Crippen molar-refractivity contribution in [2.24, 2.45) is 0 Å². The van der Waals surface area contributed by atoms with Crippen molar-refractivity contribution < 1.29 is 19.1 Å². The molecule has 0 amide bonds. The van der Waals surface area contributed by atoms with Crippen LogP contribution in [0.4, 0.5) is 0 Å². The van der Waals surface area contributed by atoms with Gasteiger partial charge in [0.15, 0.2) is 11.5 Å². The van der Waals surface area contributed by atoms with Gasteiger partial charge in [0.1, 0.15) is 12.1 Å². The van der Waals surface area contributed by atoms with E-state index < -0.39 is 5.41 Å². The summed E-state index contributed by atoms with van der Waals surface area (Å²) in [4.78, 5) is 28.4. The van der Waals surface area contributed by atoms with Gasteiger partial charge >= 0.3 is 0 Å². The highest BCUT2D eigenvalue weighted by atomic mass is 16.7. The fraction of sp³-hybridized carbons (Fsp3) is 0.208. The highest BCUT2D eigenvalue weighted by molar-refractivity contribution is 5.94. The zero-order chi connectivity index (χ0) is 19.8. The van der Waals surface area contributed by atoms with Crippen LogP contribution in [0.15, 0.2) is 60.8 Å². The molecule has 1 aliphatic heterocycles. The molecule has 5 rings (SSSR count). The summed E-state index contributed by atoms with van der Waals surface area (Å²) in [6.45, 7) is 0.230. The Kier molecular flexibility index (Phi) is 4.16. The van der Waals surface area contributed by atoms with E-state index in [1.165, 1.54) is 0 Å². The van der Waals surface area contributed by atoms with Crippen molar-refractivity contribution in [3.05, 3.63) is 77.6 Å². The molecule has 1 saturated carbocycles. The second-order valence-corrected chi connectivity index (χ2v) is 7.53. The summed E-state index contributed by atoms with van der Waals surface area (Å²) in [5.41, 5.74) is 3.91.